The van der Waals surface area contributed by atoms with Gasteiger partial charge >= 0.3 is 0 Å². The van der Waals surface area contributed by atoms with Crippen LogP contribution in [0, 0.1) is 5.41 Å². The molecule has 3 heteroatoms. The molecule has 1 aliphatic heterocycles. The number of hydrogen-bond acceptors (Lipinski definition) is 2. The Kier molecular flexibility index (Phi) is 3.59. The van der Waals surface area contributed by atoms with Gasteiger partial charge in [0.1, 0.15) is 0 Å². The van der Waals surface area contributed by atoms with Gasteiger partial charge in [0, 0.05) is 18.6 Å². The van der Waals surface area contributed by atoms with Crippen molar-refractivity contribution in [3.63, 3.8) is 0 Å². The van der Waals surface area contributed by atoms with Gasteiger partial charge in [0.25, 0.3) is 0 Å². The van der Waals surface area contributed by atoms with E-state index in [2.05, 4.69) is 24.1 Å². The van der Waals surface area contributed by atoms with E-state index < -0.39 is 0 Å². The molecule has 2 atom stereocenters. The molecule has 1 N–H and O–H groups in total. The van der Waals surface area contributed by atoms with Crippen LogP contribution in [-0.4, -0.2) is 35.5 Å². The Morgan fingerprint density at radius 1 is 1.11 bits per heavy atom. The zero-order chi connectivity index (χ0) is 13.5. The SMILES string of the molecule is CC1(C)CCCCC1N1CCCC(NC2CC2)C1=O. The highest BCUT2D eigenvalue weighted by atomic mass is 16.2. The first kappa shape index (κ1) is 13.4. The third kappa shape index (κ3) is 2.81. The van der Waals surface area contributed by atoms with Crippen molar-refractivity contribution in [3.8, 4) is 0 Å². The lowest BCUT2D eigenvalue weighted by Gasteiger charge is -2.48. The molecule has 0 bridgehead atoms. The van der Waals surface area contributed by atoms with Crippen molar-refractivity contribution in [1.82, 2.24) is 10.2 Å². The van der Waals surface area contributed by atoms with Gasteiger partial charge in [-0.25, -0.2) is 0 Å². The molecule has 108 valence electrons. The van der Waals surface area contributed by atoms with Crippen LogP contribution in [0.2, 0.25) is 0 Å². The van der Waals surface area contributed by atoms with Crippen molar-refractivity contribution in [2.75, 3.05) is 6.54 Å². The molecule has 0 radical (unpaired) electrons. The van der Waals surface area contributed by atoms with Crippen molar-refractivity contribution < 1.29 is 4.79 Å². The summed E-state index contributed by atoms with van der Waals surface area (Å²) in [5, 5.41) is 3.55. The first-order valence-electron chi connectivity index (χ1n) is 8.14. The van der Waals surface area contributed by atoms with Crippen LogP contribution >= 0.6 is 0 Å². The summed E-state index contributed by atoms with van der Waals surface area (Å²) in [4.78, 5) is 15.0. The maximum Gasteiger partial charge on any atom is 0.239 e. The number of piperidine rings is 1. The van der Waals surface area contributed by atoms with Crippen LogP contribution in [-0.2, 0) is 4.79 Å². The normalized spacial score (nSPS) is 35.5. The minimum absolute atomic E-state index is 0.110. The second kappa shape index (κ2) is 5.08. The van der Waals surface area contributed by atoms with Crippen molar-refractivity contribution in [2.45, 2.75) is 83.3 Å². The summed E-state index contributed by atoms with van der Waals surface area (Å²) in [6.45, 7) is 5.68. The fourth-order valence-electron chi connectivity index (χ4n) is 3.95. The van der Waals surface area contributed by atoms with E-state index in [4.69, 9.17) is 0 Å². The smallest absolute Gasteiger partial charge is 0.239 e. The van der Waals surface area contributed by atoms with Gasteiger partial charge in [0.15, 0.2) is 0 Å². The standard InChI is InChI=1S/C16H28N2O/c1-16(2)10-4-3-7-14(16)18-11-5-6-13(15(18)19)17-12-8-9-12/h12-14,17H,3-11H2,1-2H3. The van der Waals surface area contributed by atoms with E-state index in [1.165, 1.54) is 44.9 Å². The van der Waals surface area contributed by atoms with Crippen molar-refractivity contribution in [2.24, 2.45) is 5.41 Å². The summed E-state index contributed by atoms with van der Waals surface area (Å²) < 4.78 is 0. The van der Waals surface area contributed by atoms with E-state index in [0.29, 0.717) is 23.4 Å². The summed E-state index contributed by atoms with van der Waals surface area (Å²) in [5.74, 6) is 0.387. The lowest BCUT2D eigenvalue weighted by atomic mass is 9.72. The summed E-state index contributed by atoms with van der Waals surface area (Å²) in [6.07, 6.45) is 9.82. The summed E-state index contributed by atoms with van der Waals surface area (Å²) >= 11 is 0. The Morgan fingerprint density at radius 2 is 1.89 bits per heavy atom. The van der Waals surface area contributed by atoms with Crippen LogP contribution in [0.15, 0.2) is 0 Å². The van der Waals surface area contributed by atoms with E-state index in [9.17, 15) is 4.79 Å². The van der Waals surface area contributed by atoms with Gasteiger partial charge in [-0.15, -0.1) is 0 Å². The number of hydrogen-bond donors (Lipinski definition) is 1. The number of amides is 1. The van der Waals surface area contributed by atoms with Crippen LogP contribution in [0.1, 0.15) is 65.2 Å². The molecule has 1 amide bonds. The molecule has 19 heavy (non-hydrogen) atoms. The molecule has 0 aromatic rings. The van der Waals surface area contributed by atoms with Crippen LogP contribution < -0.4 is 5.32 Å². The minimum atomic E-state index is 0.110. The Morgan fingerprint density at radius 3 is 2.58 bits per heavy atom. The molecular weight excluding hydrogens is 236 g/mol. The monoisotopic (exact) mass is 264 g/mol. The molecule has 0 spiro atoms. The minimum Gasteiger partial charge on any atom is -0.338 e. The van der Waals surface area contributed by atoms with E-state index in [1.807, 2.05) is 0 Å². The lowest BCUT2D eigenvalue weighted by molar-refractivity contribution is -0.142. The van der Waals surface area contributed by atoms with Crippen LogP contribution in [0.25, 0.3) is 0 Å². The summed E-state index contributed by atoms with van der Waals surface area (Å²) in [7, 11) is 0. The predicted octanol–water partition coefficient (Wildman–Crippen LogP) is 2.70. The second-order valence-electron chi connectivity index (χ2n) is 7.42. The van der Waals surface area contributed by atoms with Crippen LogP contribution in [0.4, 0.5) is 0 Å². The van der Waals surface area contributed by atoms with Gasteiger partial charge in [-0.2, -0.15) is 0 Å². The second-order valence-corrected chi connectivity index (χ2v) is 7.42. The van der Waals surface area contributed by atoms with Crippen LogP contribution in [0.3, 0.4) is 0 Å². The Bertz CT molecular complexity index is 349. The predicted molar refractivity (Wildman–Crippen MR) is 76.9 cm³/mol. The van der Waals surface area contributed by atoms with Gasteiger partial charge in [0.2, 0.25) is 5.91 Å². The Balaban J connectivity index is 1.69. The Hall–Kier alpha value is -0.570. The maximum atomic E-state index is 12.7. The molecule has 1 heterocycles. The van der Waals surface area contributed by atoms with Gasteiger partial charge in [-0.3, -0.25) is 4.79 Å². The molecular formula is C16H28N2O. The topological polar surface area (TPSA) is 32.3 Å². The number of carbonyl (C=O) groups is 1. The number of nitrogens with one attached hydrogen (secondary N) is 1. The molecule has 3 aliphatic rings. The van der Waals surface area contributed by atoms with Gasteiger partial charge in [-0.1, -0.05) is 26.7 Å². The largest absolute Gasteiger partial charge is 0.338 e. The van der Waals surface area contributed by atoms with E-state index in [1.54, 1.807) is 0 Å². The van der Waals surface area contributed by atoms with Crippen molar-refractivity contribution in [3.05, 3.63) is 0 Å². The number of rotatable bonds is 3. The van der Waals surface area contributed by atoms with Gasteiger partial charge in [-0.05, 0) is 43.9 Å². The molecule has 2 saturated carbocycles. The van der Waals surface area contributed by atoms with Crippen molar-refractivity contribution in [1.29, 1.82) is 0 Å². The summed E-state index contributed by atoms with van der Waals surface area (Å²) in [6, 6.07) is 1.21. The summed E-state index contributed by atoms with van der Waals surface area (Å²) in [5.41, 5.74) is 0.301. The highest BCUT2D eigenvalue weighted by Crippen LogP contribution is 2.40. The number of carbonyl (C=O) groups excluding carboxylic acids is 1. The number of likely N-dealkylation sites (tertiary alicyclic amines) is 1. The highest BCUT2D eigenvalue weighted by Gasteiger charge is 2.42. The molecule has 3 nitrogen and oxygen atoms in total. The Labute approximate surface area is 117 Å². The third-order valence-electron chi connectivity index (χ3n) is 5.31. The van der Waals surface area contributed by atoms with E-state index in [0.717, 1.165) is 13.0 Å². The first-order valence-corrected chi connectivity index (χ1v) is 8.14. The van der Waals surface area contributed by atoms with E-state index in [-0.39, 0.29) is 6.04 Å². The first-order chi connectivity index (χ1) is 9.08. The quantitative estimate of drug-likeness (QED) is 0.850. The molecule has 3 rings (SSSR count). The third-order valence-corrected chi connectivity index (χ3v) is 5.31. The number of nitrogens with zero attached hydrogens (tertiary/aromatic N) is 1. The van der Waals surface area contributed by atoms with E-state index >= 15 is 0 Å². The molecule has 2 aliphatic carbocycles. The lowest BCUT2D eigenvalue weighted by Crippen LogP contribution is -2.58. The van der Waals surface area contributed by atoms with Gasteiger partial charge in [0.05, 0.1) is 6.04 Å². The molecule has 0 aromatic carbocycles. The molecule has 3 fully saturated rings. The average Bonchev–Trinajstić information content (AvgIpc) is 3.16. The zero-order valence-corrected chi connectivity index (χ0v) is 12.5. The average molecular weight is 264 g/mol. The fraction of sp³-hybridized carbons (Fsp3) is 0.938. The highest BCUT2D eigenvalue weighted by molar-refractivity contribution is 5.83. The molecule has 2 unspecified atom stereocenters. The van der Waals surface area contributed by atoms with Crippen LogP contribution in [0.5, 0.6) is 0 Å². The maximum absolute atomic E-state index is 12.7. The fourth-order valence-corrected chi connectivity index (χ4v) is 3.95. The molecule has 1 saturated heterocycles. The van der Waals surface area contributed by atoms with Gasteiger partial charge < -0.3 is 10.2 Å². The van der Waals surface area contributed by atoms with Crippen molar-refractivity contribution >= 4 is 5.91 Å². The molecule has 0 aromatic heterocycles. The zero-order valence-electron chi connectivity index (χ0n) is 12.5.